The van der Waals surface area contributed by atoms with Crippen LogP contribution in [0.5, 0.6) is 0 Å². The highest BCUT2D eigenvalue weighted by atomic mass is 16.1. The Morgan fingerprint density at radius 1 is 1.32 bits per heavy atom. The summed E-state index contributed by atoms with van der Waals surface area (Å²) in [6, 6.07) is 6.08. The first-order valence-corrected chi connectivity index (χ1v) is 6.29. The number of carbonyl (C=O) groups excluding carboxylic acids is 1. The van der Waals surface area contributed by atoms with E-state index in [-0.39, 0.29) is 5.78 Å². The Kier molecular flexibility index (Phi) is 2.59. The summed E-state index contributed by atoms with van der Waals surface area (Å²) in [6.45, 7) is 0. The van der Waals surface area contributed by atoms with E-state index < -0.39 is 0 Å². The van der Waals surface area contributed by atoms with Gasteiger partial charge in [-0.05, 0) is 12.1 Å². The highest BCUT2D eigenvalue weighted by Crippen LogP contribution is 2.21. The average molecular weight is 254 g/mol. The van der Waals surface area contributed by atoms with E-state index in [2.05, 4.69) is 16.0 Å². The van der Waals surface area contributed by atoms with Crippen LogP contribution in [0.2, 0.25) is 0 Å². The van der Waals surface area contributed by atoms with Gasteiger partial charge in [0.2, 0.25) is 11.2 Å². The molecule has 0 N–H and O–H groups in total. The molecular formula is C15H16N3O+. The molecule has 0 amide bonds. The highest BCUT2D eigenvalue weighted by Gasteiger charge is 2.25. The minimum absolute atomic E-state index is 0.0895. The molecule has 19 heavy (non-hydrogen) atoms. The van der Waals surface area contributed by atoms with E-state index in [1.807, 2.05) is 50.0 Å². The fraction of sp³-hybridized carbons (Fsp3) is 0.267. The zero-order valence-corrected chi connectivity index (χ0v) is 11.3. The van der Waals surface area contributed by atoms with Gasteiger partial charge in [0.05, 0.1) is 0 Å². The van der Waals surface area contributed by atoms with Crippen LogP contribution >= 0.6 is 0 Å². The fourth-order valence-corrected chi connectivity index (χ4v) is 2.39. The van der Waals surface area contributed by atoms with E-state index in [0.717, 1.165) is 22.4 Å². The second-order valence-corrected chi connectivity index (χ2v) is 5.00. The number of allylic oxidation sites excluding steroid dienone is 1. The molecule has 0 unspecified atom stereocenters. The van der Waals surface area contributed by atoms with Crippen molar-refractivity contribution in [3.8, 4) is 0 Å². The van der Waals surface area contributed by atoms with Crippen molar-refractivity contribution in [2.75, 3.05) is 19.0 Å². The predicted molar refractivity (Wildman–Crippen MR) is 75.2 cm³/mol. The van der Waals surface area contributed by atoms with E-state index >= 15 is 0 Å². The van der Waals surface area contributed by atoms with Crippen molar-refractivity contribution in [2.24, 2.45) is 7.05 Å². The first-order chi connectivity index (χ1) is 9.08. The molecule has 0 aliphatic heterocycles. The van der Waals surface area contributed by atoms with Gasteiger partial charge in [0, 0.05) is 38.3 Å². The second kappa shape index (κ2) is 4.16. The Balaban J connectivity index is 2.34. The molecule has 4 nitrogen and oxygen atoms in total. The van der Waals surface area contributed by atoms with E-state index in [4.69, 9.17) is 0 Å². The van der Waals surface area contributed by atoms with Gasteiger partial charge < -0.3 is 4.90 Å². The third-order valence-corrected chi connectivity index (χ3v) is 3.52. The predicted octanol–water partition coefficient (Wildman–Crippen LogP) is 1.72. The molecule has 0 saturated heterocycles. The summed E-state index contributed by atoms with van der Waals surface area (Å²) >= 11 is 0. The molecule has 0 bridgehead atoms. The molecule has 1 aliphatic rings. The zero-order valence-electron chi connectivity index (χ0n) is 11.3. The monoisotopic (exact) mass is 254 g/mol. The van der Waals surface area contributed by atoms with Gasteiger partial charge in [-0.15, -0.1) is 0 Å². The number of Topliss-reactive ketones (excluding diaryl/α,β-unsaturated/α-hetero) is 1. The molecule has 4 heteroatoms. The Morgan fingerprint density at radius 2 is 2.11 bits per heavy atom. The number of benzene rings is 1. The van der Waals surface area contributed by atoms with E-state index in [9.17, 15) is 4.79 Å². The smallest absolute Gasteiger partial charge is 0.234 e. The van der Waals surface area contributed by atoms with Crippen LogP contribution in [0.1, 0.15) is 22.6 Å². The minimum Gasteiger partial charge on any atom is -0.377 e. The number of rotatable bonds is 1. The van der Waals surface area contributed by atoms with Crippen molar-refractivity contribution in [2.45, 2.75) is 6.42 Å². The summed E-state index contributed by atoms with van der Waals surface area (Å²) in [4.78, 5) is 18.5. The number of nitrogens with zero attached hydrogens (tertiary/aromatic N) is 3. The third kappa shape index (κ3) is 1.80. The first kappa shape index (κ1) is 11.8. The van der Waals surface area contributed by atoms with Crippen LogP contribution in [0.15, 0.2) is 24.3 Å². The molecule has 3 rings (SSSR count). The molecule has 1 aromatic heterocycles. The Morgan fingerprint density at radius 3 is 2.84 bits per heavy atom. The molecule has 0 atom stereocenters. The van der Waals surface area contributed by atoms with Gasteiger partial charge in [-0.3, -0.25) is 4.79 Å². The van der Waals surface area contributed by atoms with Gasteiger partial charge in [-0.2, -0.15) is 4.57 Å². The maximum absolute atomic E-state index is 11.9. The Hall–Kier alpha value is -2.23. The number of anilines is 1. The van der Waals surface area contributed by atoms with Crippen LogP contribution in [0.4, 0.5) is 5.69 Å². The third-order valence-electron chi connectivity index (χ3n) is 3.52. The van der Waals surface area contributed by atoms with Crippen molar-refractivity contribution in [3.05, 3.63) is 35.7 Å². The van der Waals surface area contributed by atoms with Crippen LogP contribution in [-0.2, 0) is 7.05 Å². The lowest BCUT2D eigenvalue weighted by atomic mass is 10.0. The van der Waals surface area contributed by atoms with Gasteiger partial charge in [0.15, 0.2) is 11.5 Å². The topological polar surface area (TPSA) is 37.1 Å². The van der Waals surface area contributed by atoms with Gasteiger partial charge >= 0.3 is 0 Å². The summed E-state index contributed by atoms with van der Waals surface area (Å²) in [5.74, 6) is 0.0895. The SMILES string of the molecule is CN(C)c1ccc2nc3c([n+](C)c2c1)C=CCC3=O. The van der Waals surface area contributed by atoms with Crippen molar-refractivity contribution >= 4 is 28.6 Å². The number of ketones is 1. The molecule has 0 spiro atoms. The zero-order chi connectivity index (χ0) is 13.6. The first-order valence-electron chi connectivity index (χ1n) is 6.29. The number of hydrogen-bond donors (Lipinski definition) is 0. The van der Waals surface area contributed by atoms with Gasteiger partial charge in [0.25, 0.3) is 0 Å². The van der Waals surface area contributed by atoms with Crippen molar-refractivity contribution in [1.29, 1.82) is 0 Å². The number of hydrogen-bond acceptors (Lipinski definition) is 3. The van der Waals surface area contributed by atoms with Crippen molar-refractivity contribution < 1.29 is 9.36 Å². The summed E-state index contributed by atoms with van der Waals surface area (Å²) in [5, 5.41) is 0. The maximum Gasteiger partial charge on any atom is 0.234 e. The van der Waals surface area contributed by atoms with Gasteiger partial charge in [-0.25, -0.2) is 4.98 Å². The van der Waals surface area contributed by atoms with Gasteiger partial charge in [0.1, 0.15) is 12.6 Å². The molecule has 1 heterocycles. The van der Waals surface area contributed by atoms with Gasteiger partial charge in [-0.1, -0.05) is 6.08 Å². The van der Waals surface area contributed by atoms with Crippen molar-refractivity contribution in [1.82, 2.24) is 4.98 Å². The lowest BCUT2D eigenvalue weighted by Crippen LogP contribution is -2.37. The molecule has 1 aromatic carbocycles. The number of aryl methyl sites for hydroxylation is 1. The molecule has 2 aromatic rings. The van der Waals surface area contributed by atoms with E-state index in [0.29, 0.717) is 12.1 Å². The van der Waals surface area contributed by atoms with Crippen LogP contribution in [0.3, 0.4) is 0 Å². The average Bonchev–Trinajstić information content (AvgIpc) is 2.40. The Labute approximate surface area is 112 Å². The standard InChI is InChI=1S/C15H16N3O/c1-17(2)10-7-8-11-13(9-10)18(3)12-5-4-6-14(19)15(12)16-11/h4-5,7-9H,6H2,1-3H3/q+1. The molecular weight excluding hydrogens is 238 g/mol. The molecule has 1 aliphatic carbocycles. The van der Waals surface area contributed by atoms with Crippen LogP contribution in [0, 0.1) is 0 Å². The largest absolute Gasteiger partial charge is 0.377 e. The van der Waals surface area contributed by atoms with Crippen LogP contribution in [0.25, 0.3) is 17.1 Å². The lowest BCUT2D eigenvalue weighted by molar-refractivity contribution is -0.647. The summed E-state index contributed by atoms with van der Waals surface area (Å²) in [7, 11) is 6.00. The molecule has 96 valence electrons. The van der Waals surface area contributed by atoms with E-state index in [1.165, 1.54) is 0 Å². The fourth-order valence-electron chi connectivity index (χ4n) is 2.39. The molecule has 0 fully saturated rings. The highest BCUT2D eigenvalue weighted by molar-refractivity contribution is 6.01. The summed E-state index contributed by atoms with van der Waals surface area (Å²) in [5.41, 5.74) is 4.48. The van der Waals surface area contributed by atoms with Crippen molar-refractivity contribution in [3.63, 3.8) is 0 Å². The normalized spacial score (nSPS) is 13.7. The summed E-state index contributed by atoms with van der Waals surface area (Å²) in [6.07, 6.45) is 4.32. The summed E-state index contributed by atoms with van der Waals surface area (Å²) < 4.78 is 2.04. The maximum atomic E-state index is 11.9. The van der Waals surface area contributed by atoms with Crippen LogP contribution < -0.4 is 9.47 Å². The minimum atomic E-state index is 0.0895. The quantitative estimate of drug-likeness (QED) is 0.727. The van der Waals surface area contributed by atoms with Crippen LogP contribution in [-0.4, -0.2) is 24.9 Å². The molecule has 0 radical (unpaired) electrons. The number of fused-ring (bicyclic) bond motifs is 2. The Bertz CT molecular complexity index is 717. The molecule has 0 saturated carbocycles. The number of carbonyl (C=O) groups is 1. The number of aromatic nitrogens is 2. The second-order valence-electron chi connectivity index (χ2n) is 5.00. The van der Waals surface area contributed by atoms with E-state index in [1.54, 1.807) is 0 Å². The lowest BCUT2D eigenvalue weighted by Gasteiger charge is -2.13.